The summed E-state index contributed by atoms with van der Waals surface area (Å²) in [6.45, 7) is 4.36. The zero-order valence-corrected chi connectivity index (χ0v) is 19.9. The number of anilines is 1. The summed E-state index contributed by atoms with van der Waals surface area (Å²) in [4.78, 5) is 0.223. The van der Waals surface area contributed by atoms with E-state index in [-0.39, 0.29) is 4.90 Å². The third-order valence-electron chi connectivity index (χ3n) is 5.05. The molecule has 0 atom stereocenters. The van der Waals surface area contributed by atoms with Gasteiger partial charge in [0.25, 0.3) is 10.0 Å². The van der Waals surface area contributed by atoms with E-state index in [1.165, 1.54) is 4.31 Å². The molecular weight excluding hydrogens is 446 g/mol. The lowest BCUT2D eigenvalue weighted by molar-refractivity contribution is 0.588. The summed E-state index contributed by atoms with van der Waals surface area (Å²) in [6.07, 6.45) is 5.08. The molecule has 0 saturated heterocycles. The van der Waals surface area contributed by atoms with E-state index in [4.69, 9.17) is 17.0 Å². The van der Waals surface area contributed by atoms with E-state index in [2.05, 4.69) is 10.3 Å². The SMILES string of the molecule is CCCCN(c1ccc(Cl)cc1-n1nncc1CC(=N)CCC)S(=O)(=O)c1ccccc1. The predicted molar refractivity (Wildman–Crippen MR) is 129 cm³/mol. The Balaban J connectivity index is 2.13. The Hall–Kier alpha value is -2.71. The number of unbranched alkanes of at least 4 members (excludes halogenated alkanes) is 1. The molecule has 3 rings (SSSR count). The van der Waals surface area contributed by atoms with E-state index in [0.717, 1.165) is 12.8 Å². The molecule has 2 aromatic carbocycles. The van der Waals surface area contributed by atoms with Crippen molar-refractivity contribution in [3.05, 3.63) is 65.4 Å². The van der Waals surface area contributed by atoms with Crippen LogP contribution in [0.4, 0.5) is 5.69 Å². The fourth-order valence-corrected chi connectivity index (χ4v) is 5.16. The first-order valence-electron chi connectivity index (χ1n) is 10.7. The normalized spacial score (nSPS) is 11.5. The van der Waals surface area contributed by atoms with Gasteiger partial charge in [-0.25, -0.2) is 13.1 Å². The third kappa shape index (κ3) is 5.37. The van der Waals surface area contributed by atoms with Crippen LogP contribution in [0.25, 0.3) is 5.69 Å². The van der Waals surface area contributed by atoms with Gasteiger partial charge >= 0.3 is 0 Å². The Kier molecular flexibility index (Phi) is 8.04. The number of nitrogens with one attached hydrogen (secondary N) is 1. The predicted octanol–water partition coefficient (Wildman–Crippen LogP) is 5.28. The minimum Gasteiger partial charge on any atom is -0.309 e. The van der Waals surface area contributed by atoms with E-state index in [1.54, 1.807) is 59.4 Å². The maximum absolute atomic E-state index is 13.6. The first kappa shape index (κ1) is 23.9. The van der Waals surface area contributed by atoms with Crippen LogP contribution >= 0.6 is 11.6 Å². The summed E-state index contributed by atoms with van der Waals surface area (Å²) >= 11 is 6.31. The lowest BCUT2D eigenvalue weighted by atomic mass is 10.1. The first-order valence-corrected chi connectivity index (χ1v) is 12.5. The quantitative estimate of drug-likeness (QED) is 0.383. The van der Waals surface area contributed by atoms with Gasteiger partial charge in [0.15, 0.2) is 0 Å². The van der Waals surface area contributed by atoms with E-state index in [0.29, 0.717) is 53.6 Å². The molecule has 0 saturated carbocycles. The monoisotopic (exact) mass is 473 g/mol. The second-order valence-corrected chi connectivity index (χ2v) is 9.84. The van der Waals surface area contributed by atoms with Crippen molar-refractivity contribution in [1.82, 2.24) is 15.0 Å². The van der Waals surface area contributed by atoms with Crippen molar-refractivity contribution < 1.29 is 8.42 Å². The average molecular weight is 474 g/mol. The van der Waals surface area contributed by atoms with Crippen LogP contribution in [0.2, 0.25) is 5.02 Å². The summed E-state index contributed by atoms with van der Waals surface area (Å²) in [5.74, 6) is 0. The fraction of sp³-hybridized carbons (Fsp3) is 0.348. The molecule has 0 fully saturated rings. The average Bonchev–Trinajstić information content (AvgIpc) is 3.23. The smallest absolute Gasteiger partial charge is 0.264 e. The van der Waals surface area contributed by atoms with Crippen molar-refractivity contribution in [2.24, 2.45) is 0 Å². The number of rotatable bonds is 11. The van der Waals surface area contributed by atoms with E-state index >= 15 is 0 Å². The molecule has 7 nitrogen and oxygen atoms in total. The van der Waals surface area contributed by atoms with Crippen LogP contribution in [0.15, 0.2) is 59.6 Å². The Morgan fingerprint density at radius 3 is 2.56 bits per heavy atom. The van der Waals surface area contributed by atoms with Crippen molar-refractivity contribution in [3.63, 3.8) is 0 Å². The van der Waals surface area contributed by atoms with Crippen LogP contribution in [0.3, 0.4) is 0 Å². The largest absolute Gasteiger partial charge is 0.309 e. The lowest BCUT2D eigenvalue weighted by Crippen LogP contribution is -2.33. The van der Waals surface area contributed by atoms with Crippen LogP contribution in [0.5, 0.6) is 0 Å². The zero-order chi connectivity index (χ0) is 23.1. The van der Waals surface area contributed by atoms with Gasteiger partial charge in [0.2, 0.25) is 0 Å². The molecule has 170 valence electrons. The molecular formula is C23H28ClN5O2S. The molecule has 9 heteroatoms. The Bertz CT molecular complexity index is 1160. The third-order valence-corrected chi connectivity index (χ3v) is 7.11. The van der Waals surface area contributed by atoms with Gasteiger partial charge in [0.1, 0.15) is 0 Å². The van der Waals surface area contributed by atoms with Gasteiger partial charge in [-0.2, -0.15) is 0 Å². The van der Waals surface area contributed by atoms with Gasteiger partial charge in [-0.3, -0.25) is 4.31 Å². The lowest BCUT2D eigenvalue weighted by Gasteiger charge is -2.27. The Morgan fingerprint density at radius 1 is 1.12 bits per heavy atom. The maximum Gasteiger partial charge on any atom is 0.264 e. The van der Waals surface area contributed by atoms with Crippen molar-refractivity contribution >= 4 is 33.0 Å². The van der Waals surface area contributed by atoms with E-state index in [9.17, 15) is 8.42 Å². The first-order chi connectivity index (χ1) is 15.4. The Labute approximate surface area is 194 Å². The molecule has 0 amide bonds. The number of halogens is 1. The molecule has 0 spiro atoms. The molecule has 1 aromatic heterocycles. The Morgan fingerprint density at radius 2 is 1.88 bits per heavy atom. The minimum atomic E-state index is -3.81. The van der Waals surface area contributed by atoms with E-state index in [1.807, 2.05) is 13.8 Å². The molecule has 0 aliphatic heterocycles. The summed E-state index contributed by atoms with van der Waals surface area (Å²) in [6, 6.07) is 13.5. The van der Waals surface area contributed by atoms with Crippen LogP contribution in [-0.4, -0.2) is 35.7 Å². The van der Waals surface area contributed by atoms with Gasteiger partial charge in [0.05, 0.1) is 28.2 Å². The van der Waals surface area contributed by atoms with Gasteiger partial charge in [0, 0.05) is 23.7 Å². The van der Waals surface area contributed by atoms with Crippen molar-refractivity contribution in [1.29, 1.82) is 5.41 Å². The summed E-state index contributed by atoms with van der Waals surface area (Å²) in [5, 5.41) is 16.9. The molecule has 0 unspecified atom stereocenters. The highest BCUT2D eigenvalue weighted by Gasteiger charge is 2.28. The number of benzene rings is 2. The number of aromatic nitrogens is 3. The molecule has 3 aromatic rings. The van der Waals surface area contributed by atoms with Crippen molar-refractivity contribution in [3.8, 4) is 5.69 Å². The summed E-state index contributed by atoms with van der Waals surface area (Å²) in [5.41, 5.74) is 2.27. The minimum absolute atomic E-state index is 0.223. The van der Waals surface area contributed by atoms with Crippen LogP contribution in [0, 0.1) is 5.41 Å². The highest BCUT2D eigenvalue weighted by atomic mass is 35.5. The molecule has 0 bridgehead atoms. The highest BCUT2D eigenvalue weighted by Crippen LogP contribution is 2.32. The standard InChI is InChI=1S/C23H28ClN5O2S/c1-3-5-14-28(32(30,31)21-10-7-6-8-11-21)22-13-12-18(24)15-23(22)29-20(17-26-27-29)16-19(25)9-4-2/h6-8,10-13,15,17,25H,3-5,9,14,16H2,1-2H3. The number of hydrogen-bond donors (Lipinski definition) is 1. The molecule has 0 aliphatic rings. The van der Waals surface area contributed by atoms with Gasteiger partial charge in [-0.05, 0) is 43.2 Å². The van der Waals surface area contributed by atoms with Gasteiger partial charge in [-0.1, -0.05) is 61.7 Å². The second kappa shape index (κ2) is 10.7. The number of sulfonamides is 1. The van der Waals surface area contributed by atoms with E-state index < -0.39 is 10.0 Å². The highest BCUT2D eigenvalue weighted by molar-refractivity contribution is 7.92. The second-order valence-electron chi connectivity index (χ2n) is 7.54. The topological polar surface area (TPSA) is 91.9 Å². The number of nitrogens with zero attached hydrogens (tertiary/aromatic N) is 4. The molecule has 0 aliphatic carbocycles. The van der Waals surface area contributed by atoms with Crippen LogP contribution < -0.4 is 4.31 Å². The van der Waals surface area contributed by atoms with Gasteiger partial charge < -0.3 is 5.41 Å². The summed E-state index contributed by atoms with van der Waals surface area (Å²) in [7, 11) is -3.81. The van der Waals surface area contributed by atoms with Crippen LogP contribution in [-0.2, 0) is 16.4 Å². The van der Waals surface area contributed by atoms with Crippen LogP contribution in [0.1, 0.15) is 45.2 Å². The fourth-order valence-electron chi connectivity index (χ4n) is 3.46. The molecule has 0 radical (unpaired) electrons. The maximum atomic E-state index is 13.6. The number of hydrogen-bond acceptors (Lipinski definition) is 5. The van der Waals surface area contributed by atoms with Crippen molar-refractivity contribution in [2.75, 3.05) is 10.8 Å². The van der Waals surface area contributed by atoms with Gasteiger partial charge in [-0.15, -0.1) is 5.10 Å². The molecule has 1 N–H and O–H groups in total. The molecule has 1 heterocycles. The van der Waals surface area contributed by atoms with Crippen molar-refractivity contribution in [2.45, 2.75) is 50.8 Å². The summed E-state index contributed by atoms with van der Waals surface area (Å²) < 4.78 is 30.2. The molecule has 32 heavy (non-hydrogen) atoms. The zero-order valence-electron chi connectivity index (χ0n) is 18.3.